The Morgan fingerprint density at radius 3 is 2.08 bits per heavy atom. The summed E-state index contributed by atoms with van der Waals surface area (Å²) in [6.07, 6.45) is -2.43. The zero-order valence-corrected chi connectivity index (χ0v) is 8.16. The van der Waals surface area contributed by atoms with Gasteiger partial charge in [0.15, 0.2) is 0 Å². The number of carbonyl (C=O) groups is 2. The van der Waals surface area contributed by atoms with E-state index < -0.39 is 23.8 Å². The molecule has 0 amide bonds. The molecule has 5 nitrogen and oxygen atoms in total. The highest BCUT2D eigenvalue weighted by atomic mass is 16.8. The van der Waals surface area contributed by atoms with E-state index in [0.717, 1.165) is 0 Å². The van der Waals surface area contributed by atoms with Crippen molar-refractivity contribution in [2.45, 2.75) is 39.4 Å². The van der Waals surface area contributed by atoms with Crippen LogP contribution in [0.15, 0.2) is 0 Å². The first kappa shape index (κ1) is 11.9. The molecule has 0 fully saturated rings. The monoisotopic (exact) mass is 190 g/mol. The molecule has 0 unspecified atom stereocenters. The summed E-state index contributed by atoms with van der Waals surface area (Å²) in [5.74, 6) is -1.02. The maximum Gasteiger partial charge on any atom is 0.516 e. The molecule has 0 aliphatic carbocycles. The Kier molecular flexibility index (Phi) is 3.87. The smallest absolute Gasteiger partial charge is 0.428 e. The molecule has 76 valence electrons. The summed E-state index contributed by atoms with van der Waals surface area (Å²) in [6.45, 7) is 6.12. The molecule has 0 bridgehead atoms. The van der Waals surface area contributed by atoms with Crippen LogP contribution in [0.5, 0.6) is 0 Å². The van der Waals surface area contributed by atoms with Gasteiger partial charge >= 0.3 is 12.1 Å². The zero-order valence-electron chi connectivity index (χ0n) is 8.16. The molecule has 0 aromatic rings. The lowest BCUT2D eigenvalue weighted by Gasteiger charge is -2.18. The van der Waals surface area contributed by atoms with Crippen molar-refractivity contribution < 1.29 is 24.2 Å². The van der Waals surface area contributed by atoms with Gasteiger partial charge in [0.1, 0.15) is 11.7 Å². The van der Waals surface area contributed by atoms with Gasteiger partial charge in [-0.05, 0) is 27.7 Å². The molecule has 1 atom stereocenters. The fourth-order valence-corrected chi connectivity index (χ4v) is 0.438. The number of hydrogen-bond acceptors (Lipinski definition) is 5. The highest BCUT2D eigenvalue weighted by molar-refractivity contribution is 5.84. The predicted octanol–water partition coefficient (Wildman–Crippen LogP) is 0.845. The summed E-state index contributed by atoms with van der Waals surface area (Å²) in [5, 5.41) is 8.69. The number of aliphatic hydroxyl groups excluding tert-OH is 1. The molecule has 5 heteroatoms. The van der Waals surface area contributed by atoms with Crippen molar-refractivity contribution in [2.75, 3.05) is 0 Å². The largest absolute Gasteiger partial charge is 0.516 e. The minimum absolute atomic E-state index is 0.712. The Hall–Kier alpha value is -1.10. The van der Waals surface area contributed by atoms with Crippen molar-refractivity contribution in [3.63, 3.8) is 0 Å². The maximum atomic E-state index is 10.8. The molecule has 1 N–H and O–H groups in total. The van der Waals surface area contributed by atoms with Gasteiger partial charge in [0.05, 0.1) is 0 Å². The molecule has 0 spiro atoms. The lowest BCUT2D eigenvalue weighted by Crippen LogP contribution is -2.29. The molecule has 0 aromatic carbocycles. The van der Waals surface area contributed by atoms with Crippen LogP contribution in [0.25, 0.3) is 0 Å². The number of esters is 1. The first-order valence-corrected chi connectivity index (χ1v) is 3.85. The van der Waals surface area contributed by atoms with Crippen LogP contribution in [0.2, 0.25) is 0 Å². The summed E-state index contributed by atoms with van der Waals surface area (Å²) in [7, 11) is 0. The van der Waals surface area contributed by atoms with Crippen LogP contribution < -0.4 is 0 Å². The second kappa shape index (κ2) is 4.23. The Morgan fingerprint density at radius 1 is 1.31 bits per heavy atom. The quantitative estimate of drug-likeness (QED) is 0.490. The Balaban J connectivity index is 3.96. The van der Waals surface area contributed by atoms with Crippen LogP contribution in [-0.4, -0.2) is 28.9 Å². The van der Waals surface area contributed by atoms with Crippen LogP contribution in [0, 0.1) is 0 Å². The van der Waals surface area contributed by atoms with Crippen molar-refractivity contribution >= 4 is 12.1 Å². The van der Waals surface area contributed by atoms with E-state index in [1.54, 1.807) is 20.8 Å². The van der Waals surface area contributed by atoms with E-state index in [4.69, 9.17) is 5.11 Å². The number of hydrogen-bond donors (Lipinski definition) is 1. The molecule has 0 saturated heterocycles. The van der Waals surface area contributed by atoms with Crippen molar-refractivity contribution in [1.29, 1.82) is 0 Å². The zero-order chi connectivity index (χ0) is 10.6. The molecular weight excluding hydrogens is 176 g/mol. The van der Waals surface area contributed by atoms with Crippen molar-refractivity contribution in [3.05, 3.63) is 0 Å². The van der Waals surface area contributed by atoms with E-state index in [1.165, 1.54) is 6.92 Å². The topological polar surface area (TPSA) is 72.8 Å². The maximum absolute atomic E-state index is 10.8. The first-order valence-electron chi connectivity index (χ1n) is 3.85. The lowest BCUT2D eigenvalue weighted by molar-refractivity contribution is -0.149. The molecule has 0 aliphatic heterocycles. The lowest BCUT2D eigenvalue weighted by atomic mass is 10.2. The summed E-state index contributed by atoms with van der Waals surface area (Å²) < 4.78 is 8.80. The standard InChI is InChI=1S/C8H14O5/c1-5(9)6(10)12-7(11)13-8(2,3)4/h5,9H,1-4H3/t5-/m0/s1. The van der Waals surface area contributed by atoms with Gasteiger partial charge in [-0.3, -0.25) is 0 Å². The normalized spacial score (nSPS) is 13.3. The molecule has 13 heavy (non-hydrogen) atoms. The van der Waals surface area contributed by atoms with E-state index in [1.807, 2.05) is 0 Å². The van der Waals surface area contributed by atoms with E-state index in [2.05, 4.69) is 9.47 Å². The third-order valence-electron chi connectivity index (χ3n) is 0.915. The Morgan fingerprint density at radius 2 is 1.77 bits per heavy atom. The molecule has 0 aliphatic rings. The number of aliphatic hydroxyl groups is 1. The molecule has 0 saturated carbocycles. The predicted molar refractivity (Wildman–Crippen MR) is 44.0 cm³/mol. The summed E-state index contributed by atoms with van der Waals surface area (Å²) in [4.78, 5) is 21.5. The van der Waals surface area contributed by atoms with Crippen LogP contribution >= 0.6 is 0 Å². The van der Waals surface area contributed by atoms with Gasteiger partial charge in [0.25, 0.3) is 0 Å². The molecule has 0 radical (unpaired) electrons. The van der Waals surface area contributed by atoms with Gasteiger partial charge in [0, 0.05) is 0 Å². The van der Waals surface area contributed by atoms with Crippen molar-refractivity contribution in [2.24, 2.45) is 0 Å². The van der Waals surface area contributed by atoms with Crippen LogP contribution in [0.1, 0.15) is 27.7 Å². The second-order valence-corrected chi connectivity index (χ2v) is 3.56. The molecule has 0 heterocycles. The third kappa shape index (κ3) is 6.10. The second-order valence-electron chi connectivity index (χ2n) is 3.56. The number of ether oxygens (including phenoxy) is 2. The molecular formula is C8H14O5. The number of rotatable bonds is 1. The van der Waals surface area contributed by atoms with Gasteiger partial charge in [0.2, 0.25) is 0 Å². The van der Waals surface area contributed by atoms with Crippen molar-refractivity contribution in [3.8, 4) is 0 Å². The highest BCUT2D eigenvalue weighted by Gasteiger charge is 2.22. The average molecular weight is 190 g/mol. The summed E-state index contributed by atoms with van der Waals surface area (Å²) in [5.41, 5.74) is -0.712. The SMILES string of the molecule is C[C@H](O)C(=O)OC(=O)OC(C)(C)C. The Labute approximate surface area is 76.6 Å². The third-order valence-corrected chi connectivity index (χ3v) is 0.915. The first-order chi connectivity index (χ1) is 5.72. The minimum atomic E-state index is -1.33. The summed E-state index contributed by atoms with van der Waals surface area (Å²) in [6, 6.07) is 0. The summed E-state index contributed by atoms with van der Waals surface area (Å²) >= 11 is 0. The average Bonchev–Trinajstić information content (AvgIpc) is 1.81. The van der Waals surface area contributed by atoms with Crippen LogP contribution in [0.3, 0.4) is 0 Å². The van der Waals surface area contributed by atoms with Gasteiger partial charge in [-0.15, -0.1) is 0 Å². The minimum Gasteiger partial charge on any atom is -0.428 e. The van der Waals surface area contributed by atoms with E-state index >= 15 is 0 Å². The van der Waals surface area contributed by atoms with Gasteiger partial charge in [-0.25, -0.2) is 9.59 Å². The highest BCUT2D eigenvalue weighted by Crippen LogP contribution is 2.08. The molecule has 0 aromatic heterocycles. The Bertz CT molecular complexity index is 201. The van der Waals surface area contributed by atoms with Gasteiger partial charge in [-0.2, -0.15) is 0 Å². The van der Waals surface area contributed by atoms with Gasteiger partial charge in [-0.1, -0.05) is 0 Å². The van der Waals surface area contributed by atoms with E-state index in [0.29, 0.717) is 0 Å². The van der Waals surface area contributed by atoms with Crippen LogP contribution in [-0.2, 0) is 14.3 Å². The van der Waals surface area contributed by atoms with E-state index in [-0.39, 0.29) is 0 Å². The number of carbonyl (C=O) groups excluding carboxylic acids is 2. The van der Waals surface area contributed by atoms with E-state index in [9.17, 15) is 9.59 Å². The van der Waals surface area contributed by atoms with Crippen molar-refractivity contribution in [1.82, 2.24) is 0 Å². The van der Waals surface area contributed by atoms with Gasteiger partial charge < -0.3 is 14.6 Å². The molecule has 0 rings (SSSR count). The fraction of sp³-hybridized carbons (Fsp3) is 0.750. The van der Waals surface area contributed by atoms with Crippen LogP contribution in [0.4, 0.5) is 4.79 Å². The fourth-order valence-electron chi connectivity index (χ4n) is 0.438.